The van der Waals surface area contributed by atoms with Crippen LogP contribution in [0.25, 0.3) is 11.2 Å². The van der Waals surface area contributed by atoms with Crippen molar-refractivity contribution in [1.29, 1.82) is 0 Å². The lowest BCUT2D eigenvalue weighted by molar-refractivity contribution is -0.138. The molecule has 0 amide bonds. The highest BCUT2D eigenvalue weighted by molar-refractivity contribution is 7.92. The van der Waals surface area contributed by atoms with Gasteiger partial charge in [0.2, 0.25) is 0 Å². The minimum Gasteiger partial charge on any atom is -0.377 e. The summed E-state index contributed by atoms with van der Waals surface area (Å²) in [6.45, 7) is 4.66. The van der Waals surface area contributed by atoms with Crippen molar-refractivity contribution in [3.63, 3.8) is 0 Å². The van der Waals surface area contributed by atoms with Crippen molar-refractivity contribution in [1.82, 2.24) is 14.3 Å². The van der Waals surface area contributed by atoms with Crippen LogP contribution in [-0.2, 0) is 33.7 Å². The van der Waals surface area contributed by atoms with Gasteiger partial charge < -0.3 is 9.14 Å². The van der Waals surface area contributed by atoms with E-state index >= 15 is 0 Å². The average molecular weight is 532 g/mol. The van der Waals surface area contributed by atoms with Gasteiger partial charge in [0.15, 0.2) is 9.84 Å². The minimum absolute atomic E-state index is 0.140. The molecule has 0 radical (unpaired) electrons. The molecule has 0 atom stereocenters. The number of aromatic nitrogens is 2. The molecule has 2 saturated heterocycles. The molecule has 5 heterocycles. The van der Waals surface area contributed by atoms with Crippen LogP contribution in [0.4, 0.5) is 13.2 Å². The minimum atomic E-state index is -4.42. The fraction of sp³-hybridized carbons (Fsp3) is 0.444. The number of hydrogen-bond acceptors (Lipinski definition) is 5. The lowest BCUT2D eigenvalue weighted by atomic mass is 9.82. The van der Waals surface area contributed by atoms with Crippen molar-refractivity contribution in [3.8, 4) is 0 Å². The number of pyridine rings is 1. The highest BCUT2D eigenvalue weighted by atomic mass is 32.2. The zero-order valence-electron chi connectivity index (χ0n) is 20.5. The Hall–Kier alpha value is -2.69. The average Bonchev–Trinajstić information content (AvgIpc) is 3.14. The second kappa shape index (κ2) is 8.68. The molecule has 196 valence electrons. The standard InChI is InChI=1S/C27H28F3N3O3S/c1-18-20(3-2-4-22(18)27(28,29)30)11-24-23(13-32-14-26(15-32)16-37(34,35)17-26)31-25-6-5-21(12-33(24)25)19-7-9-36-10-8-19/h2-7,12H,8-11,13-17H2,1H3. The van der Waals surface area contributed by atoms with Gasteiger partial charge in [0, 0.05) is 37.7 Å². The molecule has 3 aliphatic heterocycles. The summed E-state index contributed by atoms with van der Waals surface area (Å²) in [4.78, 5) is 7.06. The number of imidazole rings is 1. The van der Waals surface area contributed by atoms with Crippen LogP contribution in [0.1, 0.15) is 40.1 Å². The quantitative estimate of drug-likeness (QED) is 0.492. The Morgan fingerprint density at radius 2 is 1.92 bits per heavy atom. The molecule has 0 aliphatic carbocycles. The first kappa shape index (κ1) is 24.6. The Morgan fingerprint density at radius 1 is 1.14 bits per heavy atom. The number of ether oxygens (including phenoxy) is 1. The number of rotatable bonds is 5. The molecule has 2 aromatic heterocycles. The van der Waals surface area contributed by atoms with Gasteiger partial charge in [0.25, 0.3) is 0 Å². The molecule has 2 fully saturated rings. The summed E-state index contributed by atoms with van der Waals surface area (Å²) in [6, 6.07) is 8.31. The second-order valence-electron chi connectivity index (χ2n) is 10.6. The predicted molar refractivity (Wildman–Crippen MR) is 134 cm³/mol. The normalized spacial score (nSPS) is 21.0. The first-order chi connectivity index (χ1) is 17.5. The first-order valence-electron chi connectivity index (χ1n) is 12.4. The maximum absolute atomic E-state index is 13.6. The van der Waals surface area contributed by atoms with E-state index in [1.54, 1.807) is 6.07 Å². The number of halogens is 3. The molecule has 1 spiro atoms. The summed E-state index contributed by atoms with van der Waals surface area (Å²) in [7, 11) is -2.90. The molecule has 37 heavy (non-hydrogen) atoms. The molecular formula is C27H28F3N3O3S. The number of hydrogen-bond donors (Lipinski definition) is 0. The van der Waals surface area contributed by atoms with Gasteiger partial charge in [0.1, 0.15) is 5.65 Å². The zero-order chi connectivity index (χ0) is 26.0. The Labute approximate surface area is 213 Å². The van der Waals surface area contributed by atoms with Gasteiger partial charge in [-0.2, -0.15) is 13.2 Å². The summed E-state index contributed by atoms with van der Waals surface area (Å²) in [5.74, 6) is 0.472. The summed E-state index contributed by atoms with van der Waals surface area (Å²) >= 11 is 0. The van der Waals surface area contributed by atoms with Crippen molar-refractivity contribution in [3.05, 3.63) is 76.2 Å². The summed E-state index contributed by atoms with van der Waals surface area (Å²) in [5.41, 5.74) is 4.71. The van der Waals surface area contributed by atoms with E-state index < -0.39 is 21.6 Å². The zero-order valence-corrected chi connectivity index (χ0v) is 21.3. The van der Waals surface area contributed by atoms with E-state index in [1.165, 1.54) is 18.6 Å². The molecule has 3 aliphatic rings. The molecule has 0 saturated carbocycles. The fourth-order valence-corrected chi connectivity index (χ4v) is 8.24. The highest BCUT2D eigenvalue weighted by Gasteiger charge is 2.55. The van der Waals surface area contributed by atoms with E-state index in [1.807, 2.05) is 22.7 Å². The number of fused-ring (bicyclic) bond motifs is 1. The number of likely N-dealkylation sites (tertiary alicyclic amines) is 1. The Kier molecular flexibility index (Phi) is 5.78. The maximum atomic E-state index is 13.6. The topological polar surface area (TPSA) is 63.9 Å². The van der Waals surface area contributed by atoms with Crippen molar-refractivity contribution in [2.75, 3.05) is 37.8 Å². The van der Waals surface area contributed by atoms with Gasteiger partial charge >= 0.3 is 6.18 Å². The van der Waals surface area contributed by atoms with Crippen LogP contribution >= 0.6 is 0 Å². The SMILES string of the molecule is Cc1c(Cc2c(CN3CC4(C3)CS(=O)(=O)C4)nc3ccc(C4=CCOCC4)cn23)cccc1C(F)(F)F. The number of benzene rings is 1. The third-order valence-corrected chi connectivity index (χ3v) is 9.89. The summed E-state index contributed by atoms with van der Waals surface area (Å²) in [6.07, 6.45) is 0.780. The lowest BCUT2D eigenvalue weighted by Crippen LogP contribution is -2.67. The molecule has 1 aromatic carbocycles. The van der Waals surface area contributed by atoms with E-state index in [0.29, 0.717) is 44.8 Å². The van der Waals surface area contributed by atoms with Gasteiger partial charge in [-0.3, -0.25) is 4.90 Å². The van der Waals surface area contributed by atoms with Crippen LogP contribution in [0.2, 0.25) is 0 Å². The van der Waals surface area contributed by atoms with E-state index in [-0.39, 0.29) is 22.5 Å². The molecule has 6 rings (SSSR count). The Balaban J connectivity index is 1.37. The maximum Gasteiger partial charge on any atom is 0.416 e. The van der Waals surface area contributed by atoms with Crippen LogP contribution < -0.4 is 0 Å². The molecule has 0 N–H and O–H groups in total. The van der Waals surface area contributed by atoms with Crippen LogP contribution in [-0.4, -0.2) is 60.5 Å². The molecule has 10 heteroatoms. The predicted octanol–water partition coefficient (Wildman–Crippen LogP) is 4.29. The van der Waals surface area contributed by atoms with Gasteiger partial charge in [-0.05, 0) is 53.8 Å². The summed E-state index contributed by atoms with van der Waals surface area (Å²) < 4.78 is 71.7. The van der Waals surface area contributed by atoms with Crippen LogP contribution in [0.15, 0.2) is 42.6 Å². The summed E-state index contributed by atoms with van der Waals surface area (Å²) in [5, 5.41) is 0. The van der Waals surface area contributed by atoms with Crippen LogP contribution in [0.3, 0.4) is 0 Å². The van der Waals surface area contributed by atoms with Gasteiger partial charge in [-0.15, -0.1) is 0 Å². The third-order valence-electron chi connectivity index (χ3n) is 7.79. The van der Waals surface area contributed by atoms with Crippen molar-refractivity contribution in [2.45, 2.75) is 32.5 Å². The van der Waals surface area contributed by atoms with E-state index in [9.17, 15) is 21.6 Å². The van der Waals surface area contributed by atoms with E-state index in [4.69, 9.17) is 9.72 Å². The molecular weight excluding hydrogens is 503 g/mol. The number of nitrogens with zero attached hydrogens (tertiary/aromatic N) is 3. The number of sulfone groups is 1. The van der Waals surface area contributed by atoms with Crippen LogP contribution in [0.5, 0.6) is 0 Å². The Morgan fingerprint density at radius 3 is 2.59 bits per heavy atom. The molecule has 0 bridgehead atoms. The van der Waals surface area contributed by atoms with Gasteiger partial charge in [-0.1, -0.05) is 18.2 Å². The van der Waals surface area contributed by atoms with Gasteiger partial charge in [0.05, 0.1) is 41.7 Å². The third kappa shape index (κ3) is 4.59. The second-order valence-corrected chi connectivity index (χ2v) is 12.7. The van der Waals surface area contributed by atoms with Crippen molar-refractivity contribution in [2.24, 2.45) is 5.41 Å². The van der Waals surface area contributed by atoms with E-state index in [2.05, 4.69) is 11.0 Å². The molecule has 6 nitrogen and oxygen atoms in total. The van der Waals surface area contributed by atoms with Crippen LogP contribution in [0, 0.1) is 12.3 Å². The first-order valence-corrected chi connectivity index (χ1v) is 14.2. The largest absolute Gasteiger partial charge is 0.416 e. The lowest BCUT2D eigenvalue weighted by Gasteiger charge is -2.54. The smallest absolute Gasteiger partial charge is 0.377 e. The van der Waals surface area contributed by atoms with E-state index in [0.717, 1.165) is 35.1 Å². The monoisotopic (exact) mass is 531 g/mol. The van der Waals surface area contributed by atoms with Crippen molar-refractivity contribution < 1.29 is 26.3 Å². The highest BCUT2D eigenvalue weighted by Crippen LogP contribution is 2.42. The molecule has 0 unspecified atom stereocenters. The molecule has 3 aromatic rings. The fourth-order valence-electron chi connectivity index (χ4n) is 6.10. The van der Waals surface area contributed by atoms with Crippen molar-refractivity contribution >= 4 is 21.1 Å². The van der Waals surface area contributed by atoms with Gasteiger partial charge in [-0.25, -0.2) is 13.4 Å². The Bertz CT molecular complexity index is 1500. The number of alkyl halides is 3.